The molecule has 0 bridgehead atoms. The number of aromatic carboxylic acids is 1. The number of carboxylic acid groups (broad SMARTS) is 1. The molecule has 3 nitrogen and oxygen atoms in total. The number of hydrogen-bond donors (Lipinski definition) is 1. The van der Waals surface area contributed by atoms with Gasteiger partial charge in [-0.25, -0.2) is 4.79 Å². The summed E-state index contributed by atoms with van der Waals surface area (Å²) in [7, 11) is 0. The topological polar surface area (TPSA) is 42.2 Å². The third-order valence-corrected chi connectivity index (χ3v) is 3.17. The van der Waals surface area contributed by atoms with Crippen LogP contribution in [-0.2, 0) is 0 Å². The molecule has 2 aromatic rings. The molecule has 0 amide bonds. The summed E-state index contributed by atoms with van der Waals surface area (Å²) < 4.78 is 1.71. The van der Waals surface area contributed by atoms with Gasteiger partial charge in [-0.15, -0.1) is 0 Å². The monoisotopic (exact) mass is 253 g/mol. The maximum absolute atomic E-state index is 11.0. The minimum Gasteiger partial charge on any atom is -0.478 e. The zero-order valence-corrected chi connectivity index (χ0v) is 9.08. The molecule has 14 heavy (non-hydrogen) atoms. The average Bonchev–Trinajstić information content (AvgIpc) is 2.41. The van der Waals surface area contributed by atoms with Gasteiger partial charge in [-0.3, -0.25) is 3.59 Å². The molecule has 1 heterocycles. The third-order valence-electron chi connectivity index (χ3n) is 2.26. The van der Waals surface area contributed by atoms with Crippen molar-refractivity contribution in [2.45, 2.75) is 6.92 Å². The van der Waals surface area contributed by atoms with Crippen molar-refractivity contribution < 1.29 is 9.90 Å². The highest BCUT2D eigenvalue weighted by Gasteiger charge is 2.17. The molecule has 1 aromatic heterocycles. The normalized spacial score (nSPS) is 10.7. The molecule has 0 atom stereocenters. The lowest BCUT2D eigenvalue weighted by Gasteiger charge is -1.94. The first-order valence-corrected chi connectivity index (χ1v) is 4.83. The van der Waals surface area contributed by atoms with E-state index in [4.69, 9.17) is 5.11 Å². The predicted octanol–water partition coefficient (Wildman–Crippen LogP) is 2.81. The molecule has 72 valence electrons. The van der Waals surface area contributed by atoms with Crippen molar-refractivity contribution in [3.8, 4) is 0 Å². The van der Waals surface area contributed by atoms with Gasteiger partial charge in [0, 0.05) is 11.1 Å². The molecule has 0 saturated heterocycles. The fourth-order valence-corrected chi connectivity index (χ4v) is 2.09. The zero-order valence-electron chi connectivity index (χ0n) is 7.49. The molecule has 0 spiro atoms. The van der Waals surface area contributed by atoms with Crippen molar-refractivity contribution in [1.29, 1.82) is 0 Å². The van der Waals surface area contributed by atoms with Crippen molar-refractivity contribution >= 4 is 33.0 Å². The van der Waals surface area contributed by atoms with Crippen molar-refractivity contribution in [2.24, 2.45) is 0 Å². The highest BCUT2D eigenvalue weighted by molar-refractivity contribution is 9.08. The first-order valence-electron chi connectivity index (χ1n) is 4.12. The second-order valence-electron chi connectivity index (χ2n) is 3.06. The van der Waals surface area contributed by atoms with Crippen LogP contribution >= 0.6 is 16.1 Å². The lowest BCUT2D eigenvalue weighted by molar-refractivity contribution is 0.0698. The van der Waals surface area contributed by atoms with Crippen LogP contribution in [0.3, 0.4) is 0 Å². The van der Waals surface area contributed by atoms with E-state index in [0.717, 1.165) is 10.9 Å². The van der Waals surface area contributed by atoms with Crippen molar-refractivity contribution in [1.82, 2.24) is 3.59 Å². The minimum absolute atomic E-state index is 0.359. The Labute approximate surface area is 89.3 Å². The van der Waals surface area contributed by atoms with Crippen molar-refractivity contribution in [3.05, 3.63) is 35.5 Å². The molecule has 0 aliphatic heterocycles. The van der Waals surface area contributed by atoms with Crippen molar-refractivity contribution in [3.63, 3.8) is 0 Å². The Kier molecular flexibility index (Phi) is 2.07. The second-order valence-corrected chi connectivity index (χ2v) is 3.77. The van der Waals surface area contributed by atoms with Gasteiger partial charge in [0.15, 0.2) is 0 Å². The summed E-state index contributed by atoms with van der Waals surface area (Å²) in [6.45, 7) is 1.78. The van der Waals surface area contributed by atoms with Gasteiger partial charge in [0.1, 0.15) is 0 Å². The average molecular weight is 254 g/mol. The first kappa shape index (κ1) is 9.27. The highest BCUT2D eigenvalue weighted by Crippen LogP contribution is 2.27. The summed E-state index contributed by atoms with van der Waals surface area (Å²) in [5.74, 6) is -0.892. The van der Waals surface area contributed by atoms with Crippen LogP contribution in [0.2, 0.25) is 0 Å². The van der Waals surface area contributed by atoms with Gasteiger partial charge in [-0.05, 0) is 13.0 Å². The quantitative estimate of drug-likeness (QED) is 0.850. The van der Waals surface area contributed by atoms with E-state index in [1.807, 2.05) is 24.3 Å². The largest absolute Gasteiger partial charge is 0.478 e. The lowest BCUT2D eigenvalue weighted by Crippen LogP contribution is -1.97. The number of aromatic nitrogens is 1. The van der Waals surface area contributed by atoms with Crippen LogP contribution in [0.5, 0.6) is 0 Å². The summed E-state index contributed by atoms with van der Waals surface area (Å²) in [6, 6.07) is 7.40. The number of halogens is 1. The van der Waals surface area contributed by atoms with E-state index in [2.05, 4.69) is 16.1 Å². The van der Waals surface area contributed by atoms with Crippen LogP contribution in [0.25, 0.3) is 10.9 Å². The number of hydrogen-bond acceptors (Lipinski definition) is 1. The summed E-state index contributed by atoms with van der Waals surface area (Å²) in [4.78, 5) is 11.0. The molecule has 4 heteroatoms. The number of fused-ring (bicyclic) bond motifs is 1. The Morgan fingerprint density at radius 2 is 2.07 bits per heavy atom. The summed E-state index contributed by atoms with van der Waals surface area (Å²) in [5, 5.41) is 9.80. The molecule has 1 N–H and O–H groups in total. The van der Waals surface area contributed by atoms with Crippen LogP contribution in [0.15, 0.2) is 24.3 Å². The predicted molar refractivity (Wildman–Crippen MR) is 58.0 cm³/mol. The zero-order chi connectivity index (χ0) is 10.3. The van der Waals surface area contributed by atoms with E-state index < -0.39 is 5.97 Å². The number of para-hydroxylation sites is 1. The van der Waals surface area contributed by atoms with Crippen LogP contribution in [0.1, 0.15) is 16.1 Å². The standard InChI is InChI=1S/C10H8BrNO2/c1-6-9(10(13)14)7-4-2-3-5-8(7)12(6)11/h2-5H,1H3,(H,13,14). The molecule has 0 fully saturated rings. The van der Waals surface area contributed by atoms with Gasteiger partial charge in [0.2, 0.25) is 0 Å². The van der Waals surface area contributed by atoms with E-state index >= 15 is 0 Å². The van der Waals surface area contributed by atoms with Gasteiger partial charge in [0.05, 0.1) is 27.2 Å². The Morgan fingerprint density at radius 1 is 1.43 bits per heavy atom. The van der Waals surface area contributed by atoms with Gasteiger partial charge >= 0.3 is 5.97 Å². The van der Waals surface area contributed by atoms with E-state index in [1.54, 1.807) is 10.5 Å². The maximum Gasteiger partial charge on any atom is 0.338 e. The molecule has 0 aliphatic rings. The fourth-order valence-electron chi connectivity index (χ4n) is 1.60. The third kappa shape index (κ3) is 1.14. The van der Waals surface area contributed by atoms with Crippen molar-refractivity contribution in [2.75, 3.05) is 0 Å². The van der Waals surface area contributed by atoms with Crippen LogP contribution < -0.4 is 0 Å². The molecular formula is C10H8BrNO2. The van der Waals surface area contributed by atoms with Gasteiger partial charge in [-0.2, -0.15) is 0 Å². The number of nitrogens with zero attached hydrogens (tertiary/aromatic N) is 1. The number of rotatable bonds is 1. The lowest BCUT2D eigenvalue weighted by atomic mass is 10.1. The summed E-state index contributed by atoms with van der Waals surface area (Å²) >= 11 is 3.32. The van der Waals surface area contributed by atoms with Crippen LogP contribution in [-0.4, -0.2) is 14.7 Å². The van der Waals surface area contributed by atoms with E-state index in [1.165, 1.54) is 0 Å². The Hall–Kier alpha value is -1.29. The molecule has 0 saturated carbocycles. The van der Waals surface area contributed by atoms with Crippen LogP contribution in [0, 0.1) is 6.92 Å². The van der Waals surface area contributed by atoms with Crippen LogP contribution in [0.4, 0.5) is 0 Å². The maximum atomic E-state index is 11.0. The Bertz CT molecular complexity index is 516. The molecule has 1 aromatic carbocycles. The number of benzene rings is 1. The van der Waals surface area contributed by atoms with Gasteiger partial charge < -0.3 is 5.11 Å². The van der Waals surface area contributed by atoms with E-state index in [9.17, 15) is 4.79 Å². The Morgan fingerprint density at radius 3 is 2.71 bits per heavy atom. The minimum atomic E-state index is -0.892. The highest BCUT2D eigenvalue weighted by atomic mass is 79.9. The second kappa shape index (κ2) is 3.13. The van der Waals surface area contributed by atoms with E-state index in [-0.39, 0.29) is 0 Å². The molecule has 2 rings (SSSR count). The summed E-state index contributed by atoms with van der Waals surface area (Å²) in [5.41, 5.74) is 1.94. The fraction of sp³-hybridized carbons (Fsp3) is 0.100. The van der Waals surface area contributed by atoms with Gasteiger partial charge in [0.25, 0.3) is 0 Å². The molecule has 0 radical (unpaired) electrons. The molecule has 0 aliphatic carbocycles. The molecular weight excluding hydrogens is 246 g/mol. The van der Waals surface area contributed by atoms with E-state index in [0.29, 0.717) is 11.3 Å². The smallest absolute Gasteiger partial charge is 0.338 e. The summed E-state index contributed by atoms with van der Waals surface area (Å²) in [6.07, 6.45) is 0. The number of carbonyl (C=O) groups is 1. The number of carboxylic acids is 1. The SMILES string of the molecule is Cc1c(C(=O)O)c2ccccc2n1Br. The Balaban J connectivity index is 2.95. The molecule has 0 unspecified atom stereocenters. The first-order chi connectivity index (χ1) is 6.63. The van der Waals surface area contributed by atoms with Gasteiger partial charge in [-0.1, -0.05) is 18.2 Å².